The van der Waals surface area contributed by atoms with Crippen LogP contribution >= 0.6 is 11.6 Å². The van der Waals surface area contributed by atoms with Crippen LogP contribution < -0.4 is 5.32 Å². The summed E-state index contributed by atoms with van der Waals surface area (Å²) in [6.07, 6.45) is -0.0132. The fourth-order valence-corrected chi connectivity index (χ4v) is 3.05. The molecular formula is C19H20ClFN2O2. The van der Waals surface area contributed by atoms with E-state index in [9.17, 15) is 9.18 Å². The third-order valence-electron chi connectivity index (χ3n) is 4.09. The summed E-state index contributed by atoms with van der Waals surface area (Å²) in [6, 6.07) is 14.4. The lowest BCUT2D eigenvalue weighted by Gasteiger charge is -2.32. The van der Waals surface area contributed by atoms with Crippen LogP contribution in [0.3, 0.4) is 0 Å². The van der Waals surface area contributed by atoms with Gasteiger partial charge < -0.3 is 10.1 Å². The summed E-state index contributed by atoms with van der Waals surface area (Å²) in [5.74, 6) is -0.816. The highest BCUT2D eigenvalue weighted by Crippen LogP contribution is 2.20. The van der Waals surface area contributed by atoms with E-state index in [0.717, 1.165) is 13.1 Å². The summed E-state index contributed by atoms with van der Waals surface area (Å²) in [5.41, 5.74) is 1.36. The van der Waals surface area contributed by atoms with Crippen molar-refractivity contribution < 1.29 is 13.9 Å². The number of nitrogens with one attached hydrogen (secondary N) is 1. The standard InChI is InChI=1S/C19H20ClFN2O2/c20-15-6-7-18(17(21)10-15)22-19(24)11-16-13-23(8-9-25-16)12-14-4-2-1-3-5-14/h1-7,10,16H,8-9,11-13H2,(H,22,24)/t16-/m0/s1. The number of hydrogen-bond donors (Lipinski definition) is 1. The first kappa shape index (κ1) is 17.9. The summed E-state index contributed by atoms with van der Waals surface area (Å²) >= 11 is 5.71. The van der Waals surface area contributed by atoms with Gasteiger partial charge in [0.15, 0.2) is 0 Å². The number of rotatable bonds is 5. The molecule has 0 aromatic heterocycles. The highest BCUT2D eigenvalue weighted by molar-refractivity contribution is 6.30. The van der Waals surface area contributed by atoms with Crippen LogP contribution in [0.25, 0.3) is 0 Å². The van der Waals surface area contributed by atoms with Crippen molar-refractivity contribution in [3.8, 4) is 0 Å². The molecular weight excluding hydrogens is 343 g/mol. The number of carbonyl (C=O) groups is 1. The van der Waals surface area contributed by atoms with Crippen molar-refractivity contribution in [3.63, 3.8) is 0 Å². The topological polar surface area (TPSA) is 41.6 Å². The summed E-state index contributed by atoms with van der Waals surface area (Å²) in [4.78, 5) is 14.4. The largest absolute Gasteiger partial charge is 0.375 e. The number of carbonyl (C=O) groups excluding carboxylic acids is 1. The summed E-state index contributed by atoms with van der Waals surface area (Å²) in [5, 5.41) is 2.87. The van der Waals surface area contributed by atoms with Gasteiger partial charge in [-0.25, -0.2) is 4.39 Å². The highest BCUT2D eigenvalue weighted by Gasteiger charge is 2.23. The average molecular weight is 363 g/mol. The van der Waals surface area contributed by atoms with Gasteiger partial charge in [0.2, 0.25) is 5.91 Å². The second-order valence-corrected chi connectivity index (χ2v) is 6.53. The van der Waals surface area contributed by atoms with Gasteiger partial charge >= 0.3 is 0 Å². The van der Waals surface area contributed by atoms with Crippen molar-refractivity contribution in [1.29, 1.82) is 0 Å². The van der Waals surface area contributed by atoms with Crippen molar-refractivity contribution >= 4 is 23.2 Å². The zero-order valence-electron chi connectivity index (χ0n) is 13.8. The molecule has 0 unspecified atom stereocenters. The first-order chi connectivity index (χ1) is 12.1. The van der Waals surface area contributed by atoms with Gasteiger partial charge in [0.1, 0.15) is 5.82 Å². The van der Waals surface area contributed by atoms with E-state index in [2.05, 4.69) is 22.3 Å². The van der Waals surface area contributed by atoms with Gasteiger partial charge in [0.05, 0.1) is 24.8 Å². The molecule has 1 atom stereocenters. The zero-order valence-corrected chi connectivity index (χ0v) is 14.5. The van der Waals surface area contributed by atoms with E-state index in [0.29, 0.717) is 18.2 Å². The van der Waals surface area contributed by atoms with Crippen molar-refractivity contribution in [3.05, 3.63) is 64.9 Å². The maximum Gasteiger partial charge on any atom is 0.227 e. The van der Waals surface area contributed by atoms with Gasteiger partial charge in [-0.1, -0.05) is 41.9 Å². The first-order valence-corrected chi connectivity index (χ1v) is 8.61. The fraction of sp³-hybridized carbons (Fsp3) is 0.316. The molecule has 0 saturated carbocycles. The average Bonchev–Trinajstić information content (AvgIpc) is 2.59. The van der Waals surface area contributed by atoms with Gasteiger partial charge in [0, 0.05) is 24.7 Å². The van der Waals surface area contributed by atoms with E-state index in [1.807, 2.05) is 18.2 Å². The van der Waals surface area contributed by atoms with Crippen LogP contribution in [0.4, 0.5) is 10.1 Å². The number of anilines is 1. The normalized spacial score (nSPS) is 18.1. The molecule has 1 aliphatic heterocycles. The lowest BCUT2D eigenvalue weighted by Crippen LogP contribution is -2.43. The van der Waals surface area contributed by atoms with E-state index < -0.39 is 5.82 Å². The van der Waals surface area contributed by atoms with Gasteiger partial charge in [0.25, 0.3) is 0 Å². The van der Waals surface area contributed by atoms with Crippen molar-refractivity contribution in [2.45, 2.75) is 19.1 Å². The second kappa shape index (κ2) is 8.43. The number of nitrogens with zero attached hydrogens (tertiary/aromatic N) is 1. The monoisotopic (exact) mass is 362 g/mol. The molecule has 1 amide bonds. The fourth-order valence-electron chi connectivity index (χ4n) is 2.89. The van der Waals surface area contributed by atoms with Gasteiger partial charge in [-0.05, 0) is 23.8 Å². The maximum absolute atomic E-state index is 13.8. The molecule has 3 rings (SSSR count). The van der Waals surface area contributed by atoms with Crippen LogP contribution in [0.5, 0.6) is 0 Å². The smallest absolute Gasteiger partial charge is 0.227 e. The van der Waals surface area contributed by atoms with Crippen LogP contribution in [0.2, 0.25) is 5.02 Å². The van der Waals surface area contributed by atoms with Crippen LogP contribution in [0, 0.1) is 5.82 Å². The molecule has 2 aromatic rings. The Kier molecular flexibility index (Phi) is 6.02. The molecule has 25 heavy (non-hydrogen) atoms. The Morgan fingerprint density at radius 3 is 2.84 bits per heavy atom. The van der Waals surface area contributed by atoms with Crippen molar-refractivity contribution in [2.75, 3.05) is 25.0 Å². The number of benzene rings is 2. The van der Waals surface area contributed by atoms with Gasteiger partial charge in [-0.2, -0.15) is 0 Å². The minimum absolute atomic E-state index is 0.131. The molecule has 0 radical (unpaired) electrons. The lowest BCUT2D eigenvalue weighted by atomic mass is 10.1. The summed E-state index contributed by atoms with van der Waals surface area (Å²) in [6.45, 7) is 2.92. The summed E-state index contributed by atoms with van der Waals surface area (Å²) < 4.78 is 19.4. The SMILES string of the molecule is O=C(C[C@H]1CN(Cc2ccccc2)CCO1)Nc1ccc(Cl)cc1F. The third-order valence-corrected chi connectivity index (χ3v) is 4.33. The Morgan fingerprint density at radius 2 is 2.08 bits per heavy atom. The number of hydrogen-bond acceptors (Lipinski definition) is 3. The quantitative estimate of drug-likeness (QED) is 0.881. The Labute approximate surface area is 151 Å². The van der Waals surface area contributed by atoms with E-state index in [1.165, 1.54) is 17.7 Å². The van der Waals surface area contributed by atoms with Crippen LogP contribution in [-0.2, 0) is 16.1 Å². The molecule has 1 heterocycles. The molecule has 0 spiro atoms. The maximum atomic E-state index is 13.8. The van der Waals surface area contributed by atoms with E-state index in [4.69, 9.17) is 16.3 Å². The number of ether oxygens (including phenoxy) is 1. The molecule has 1 saturated heterocycles. The van der Waals surface area contributed by atoms with Crippen molar-refractivity contribution in [1.82, 2.24) is 4.90 Å². The predicted molar refractivity (Wildman–Crippen MR) is 96.1 cm³/mol. The number of amides is 1. The zero-order chi connectivity index (χ0) is 17.6. The number of morpholine rings is 1. The molecule has 1 fully saturated rings. The van der Waals surface area contributed by atoms with E-state index >= 15 is 0 Å². The minimum Gasteiger partial charge on any atom is -0.375 e. The summed E-state index contributed by atoms with van der Waals surface area (Å²) in [7, 11) is 0. The minimum atomic E-state index is -0.545. The van der Waals surface area contributed by atoms with Crippen LogP contribution in [0.1, 0.15) is 12.0 Å². The predicted octanol–water partition coefficient (Wildman–Crippen LogP) is 3.71. The molecule has 1 N–H and O–H groups in total. The van der Waals surface area contributed by atoms with Crippen LogP contribution in [0.15, 0.2) is 48.5 Å². The molecule has 0 aliphatic carbocycles. The molecule has 132 valence electrons. The molecule has 0 bridgehead atoms. The molecule has 4 nitrogen and oxygen atoms in total. The lowest BCUT2D eigenvalue weighted by molar-refractivity contribution is -0.121. The Hall–Kier alpha value is -1.95. The third kappa shape index (κ3) is 5.26. The molecule has 1 aliphatic rings. The first-order valence-electron chi connectivity index (χ1n) is 8.23. The van der Waals surface area contributed by atoms with Gasteiger partial charge in [-0.15, -0.1) is 0 Å². The Balaban J connectivity index is 1.52. The van der Waals surface area contributed by atoms with E-state index in [1.54, 1.807) is 6.07 Å². The van der Waals surface area contributed by atoms with Gasteiger partial charge in [-0.3, -0.25) is 9.69 Å². The molecule has 6 heteroatoms. The Morgan fingerprint density at radius 1 is 1.28 bits per heavy atom. The van der Waals surface area contributed by atoms with Crippen molar-refractivity contribution in [2.24, 2.45) is 0 Å². The van der Waals surface area contributed by atoms with E-state index in [-0.39, 0.29) is 24.1 Å². The molecule has 2 aromatic carbocycles. The second-order valence-electron chi connectivity index (χ2n) is 6.09. The number of halogens is 2. The van der Waals surface area contributed by atoms with Crippen LogP contribution in [-0.4, -0.2) is 36.6 Å². The highest BCUT2D eigenvalue weighted by atomic mass is 35.5. The Bertz CT molecular complexity index is 727.